The Morgan fingerprint density at radius 3 is 3.00 bits per heavy atom. The second kappa shape index (κ2) is 4.95. The Labute approximate surface area is 95.1 Å². The van der Waals surface area contributed by atoms with Crippen LogP contribution in [0.2, 0.25) is 0 Å². The van der Waals surface area contributed by atoms with Gasteiger partial charge in [-0.05, 0) is 31.4 Å². The Hall–Kier alpha value is -1.60. The second-order valence-corrected chi connectivity index (χ2v) is 4.04. The van der Waals surface area contributed by atoms with E-state index in [1.807, 2.05) is 12.1 Å². The van der Waals surface area contributed by atoms with Gasteiger partial charge in [0.2, 0.25) is 0 Å². The van der Waals surface area contributed by atoms with Crippen molar-refractivity contribution in [2.75, 3.05) is 18.1 Å². The Bertz CT molecular complexity index is 382. The van der Waals surface area contributed by atoms with E-state index in [9.17, 15) is 5.11 Å². The molecule has 0 spiro atoms. The molecule has 0 saturated carbocycles. The molecular weight excluding hydrogens is 202 g/mol. The normalized spacial score (nSPS) is 20.5. The van der Waals surface area contributed by atoms with Crippen molar-refractivity contribution in [3.63, 3.8) is 0 Å². The average molecular weight is 217 g/mol. The van der Waals surface area contributed by atoms with E-state index in [2.05, 4.69) is 9.88 Å². The molecule has 1 unspecified atom stereocenters. The molecule has 1 fully saturated rings. The highest BCUT2D eigenvalue weighted by atomic mass is 16.3. The standard InChI is InChI=1S/C12H15N3O/c13-7-10-4-5-11(8-14-10)15-6-2-1-3-12(15)9-16/h4-5,8,12,16H,1-3,6,9H2. The molecular formula is C12H15N3O. The molecule has 2 heterocycles. The number of nitrogens with zero attached hydrogens (tertiary/aromatic N) is 3. The van der Waals surface area contributed by atoms with Crippen molar-refractivity contribution in [2.45, 2.75) is 25.3 Å². The SMILES string of the molecule is N#Cc1ccc(N2CCCCC2CO)cn1. The monoisotopic (exact) mass is 217 g/mol. The van der Waals surface area contributed by atoms with Crippen LogP contribution in [0.15, 0.2) is 18.3 Å². The van der Waals surface area contributed by atoms with Gasteiger partial charge in [0.15, 0.2) is 0 Å². The molecule has 1 N–H and O–H groups in total. The molecule has 4 nitrogen and oxygen atoms in total. The van der Waals surface area contributed by atoms with Crippen LogP contribution in [0.25, 0.3) is 0 Å². The van der Waals surface area contributed by atoms with Gasteiger partial charge in [-0.25, -0.2) is 4.98 Å². The van der Waals surface area contributed by atoms with Crippen LogP contribution in [-0.2, 0) is 0 Å². The molecule has 0 bridgehead atoms. The van der Waals surface area contributed by atoms with Gasteiger partial charge in [-0.15, -0.1) is 0 Å². The molecule has 0 radical (unpaired) electrons. The highest BCUT2D eigenvalue weighted by molar-refractivity contribution is 5.47. The van der Waals surface area contributed by atoms with E-state index < -0.39 is 0 Å². The summed E-state index contributed by atoms with van der Waals surface area (Å²) in [6.45, 7) is 1.14. The minimum Gasteiger partial charge on any atom is -0.394 e. The number of aromatic nitrogens is 1. The first kappa shape index (κ1) is 10.9. The Kier molecular flexibility index (Phi) is 3.37. The van der Waals surface area contributed by atoms with Crippen molar-refractivity contribution >= 4 is 5.69 Å². The Balaban J connectivity index is 2.18. The summed E-state index contributed by atoms with van der Waals surface area (Å²) in [4.78, 5) is 6.23. The molecule has 2 rings (SSSR count). The number of rotatable bonds is 2. The summed E-state index contributed by atoms with van der Waals surface area (Å²) in [5.41, 5.74) is 1.43. The number of pyridine rings is 1. The number of aliphatic hydroxyl groups excluding tert-OH is 1. The van der Waals surface area contributed by atoms with Gasteiger partial charge in [0.1, 0.15) is 11.8 Å². The Morgan fingerprint density at radius 2 is 2.38 bits per heavy atom. The topological polar surface area (TPSA) is 60.2 Å². The highest BCUT2D eigenvalue weighted by Crippen LogP contribution is 2.23. The summed E-state index contributed by atoms with van der Waals surface area (Å²) in [5, 5.41) is 18.0. The third-order valence-corrected chi connectivity index (χ3v) is 3.03. The lowest BCUT2D eigenvalue weighted by atomic mass is 10.0. The van der Waals surface area contributed by atoms with Crippen LogP contribution in [0.5, 0.6) is 0 Å². The van der Waals surface area contributed by atoms with Crippen molar-refractivity contribution in [3.05, 3.63) is 24.0 Å². The number of aliphatic hydroxyl groups is 1. The molecule has 84 valence electrons. The fraction of sp³-hybridized carbons (Fsp3) is 0.500. The number of piperidine rings is 1. The maximum absolute atomic E-state index is 9.31. The van der Waals surface area contributed by atoms with Gasteiger partial charge in [-0.1, -0.05) is 0 Å². The summed E-state index contributed by atoms with van der Waals surface area (Å²) in [5.74, 6) is 0. The van der Waals surface area contributed by atoms with Crippen molar-refractivity contribution < 1.29 is 5.11 Å². The minimum absolute atomic E-state index is 0.181. The van der Waals surface area contributed by atoms with Crippen LogP contribution in [0, 0.1) is 11.3 Å². The maximum Gasteiger partial charge on any atom is 0.140 e. The predicted molar refractivity (Wildman–Crippen MR) is 61.0 cm³/mol. The summed E-state index contributed by atoms with van der Waals surface area (Å²) >= 11 is 0. The van der Waals surface area contributed by atoms with Crippen LogP contribution < -0.4 is 4.90 Å². The van der Waals surface area contributed by atoms with Crippen molar-refractivity contribution in [2.24, 2.45) is 0 Å². The van der Waals surface area contributed by atoms with Gasteiger partial charge < -0.3 is 10.0 Å². The third-order valence-electron chi connectivity index (χ3n) is 3.03. The van der Waals surface area contributed by atoms with Gasteiger partial charge in [0.05, 0.1) is 24.5 Å². The smallest absolute Gasteiger partial charge is 0.140 e. The van der Waals surface area contributed by atoms with Gasteiger partial charge in [-0.3, -0.25) is 0 Å². The zero-order valence-electron chi connectivity index (χ0n) is 9.13. The quantitative estimate of drug-likeness (QED) is 0.811. The van der Waals surface area contributed by atoms with Crippen LogP contribution in [0.4, 0.5) is 5.69 Å². The first-order valence-electron chi connectivity index (χ1n) is 5.59. The first-order chi connectivity index (χ1) is 7.85. The van der Waals surface area contributed by atoms with E-state index in [-0.39, 0.29) is 12.6 Å². The molecule has 0 aromatic carbocycles. The second-order valence-electron chi connectivity index (χ2n) is 4.04. The molecule has 16 heavy (non-hydrogen) atoms. The van der Waals surface area contributed by atoms with Crippen molar-refractivity contribution in [1.29, 1.82) is 5.26 Å². The Morgan fingerprint density at radius 1 is 1.50 bits per heavy atom. The van der Waals surface area contributed by atoms with Crippen LogP contribution in [-0.4, -0.2) is 29.3 Å². The van der Waals surface area contributed by atoms with E-state index in [1.165, 1.54) is 6.42 Å². The lowest BCUT2D eigenvalue weighted by Crippen LogP contribution is -2.41. The highest BCUT2D eigenvalue weighted by Gasteiger charge is 2.21. The third kappa shape index (κ3) is 2.15. The lowest BCUT2D eigenvalue weighted by molar-refractivity contribution is 0.240. The summed E-state index contributed by atoms with van der Waals surface area (Å²) in [7, 11) is 0. The van der Waals surface area contributed by atoms with Crippen LogP contribution >= 0.6 is 0 Å². The number of hydrogen-bond acceptors (Lipinski definition) is 4. The summed E-state index contributed by atoms with van der Waals surface area (Å²) < 4.78 is 0. The number of anilines is 1. The zero-order valence-corrected chi connectivity index (χ0v) is 9.13. The predicted octanol–water partition coefficient (Wildman–Crippen LogP) is 1.30. The fourth-order valence-electron chi connectivity index (χ4n) is 2.15. The van der Waals surface area contributed by atoms with E-state index in [0.717, 1.165) is 25.1 Å². The number of hydrogen-bond donors (Lipinski definition) is 1. The van der Waals surface area contributed by atoms with Crippen LogP contribution in [0.1, 0.15) is 25.0 Å². The molecule has 1 atom stereocenters. The average Bonchev–Trinajstić information content (AvgIpc) is 2.39. The van der Waals surface area contributed by atoms with Gasteiger partial charge in [0.25, 0.3) is 0 Å². The molecule has 1 aromatic rings. The van der Waals surface area contributed by atoms with Crippen LogP contribution in [0.3, 0.4) is 0 Å². The van der Waals surface area contributed by atoms with E-state index in [0.29, 0.717) is 5.69 Å². The van der Waals surface area contributed by atoms with Gasteiger partial charge in [-0.2, -0.15) is 5.26 Å². The first-order valence-corrected chi connectivity index (χ1v) is 5.59. The molecule has 4 heteroatoms. The molecule has 1 aliphatic heterocycles. The largest absolute Gasteiger partial charge is 0.394 e. The van der Waals surface area contributed by atoms with Gasteiger partial charge in [0, 0.05) is 6.54 Å². The van der Waals surface area contributed by atoms with Crippen molar-refractivity contribution in [3.8, 4) is 6.07 Å². The summed E-state index contributed by atoms with van der Waals surface area (Å²) in [6, 6.07) is 5.82. The lowest BCUT2D eigenvalue weighted by Gasteiger charge is -2.36. The molecule has 1 aliphatic rings. The molecule has 0 aliphatic carbocycles. The summed E-state index contributed by atoms with van der Waals surface area (Å²) in [6.07, 6.45) is 5.06. The minimum atomic E-state index is 0.181. The van der Waals surface area contributed by atoms with E-state index in [4.69, 9.17) is 5.26 Å². The van der Waals surface area contributed by atoms with Gasteiger partial charge >= 0.3 is 0 Å². The fourth-order valence-corrected chi connectivity index (χ4v) is 2.15. The van der Waals surface area contributed by atoms with E-state index >= 15 is 0 Å². The van der Waals surface area contributed by atoms with Crippen molar-refractivity contribution in [1.82, 2.24) is 4.98 Å². The molecule has 0 amide bonds. The molecule has 1 saturated heterocycles. The zero-order chi connectivity index (χ0) is 11.4. The maximum atomic E-state index is 9.31. The van der Waals surface area contributed by atoms with E-state index in [1.54, 1.807) is 12.3 Å². The number of nitriles is 1. The molecule has 1 aromatic heterocycles.